The van der Waals surface area contributed by atoms with Gasteiger partial charge in [-0.1, -0.05) is 215 Å². The minimum atomic E-state index is -1.21. The Morgan fingerprint density at radius 3 is 1.89 bits per heavy atom. The lowest BCUT2D eigenvalue weighted by molar-refractivity contribution is -0.385. The maximum absolute atomic E-state index is 14.3. The number of carbonyl (C=O) groups is 5. The van der Waals surface area contributed by atoms with Crippen LogP contribution in [0.2, 0.25) is 0 Å². The Balaban J connectivity index is 0.000000165. The number of phenolic OH excluding ortho intramolecular Hbond substituents is 2. The van der Waals surface area contributed by atoms with Gasteiger partial charge in [0.15, 0.2) is 11.8 Å². The third-order valence-electron chi connectivity index (χ3n) is 20.1. The van der Waals surface area contributed by atoms with Crippen molar-refractivity contribution in [2.75, 3.05) is 40.7 Å². The molecule has 1 atom stereocenters. The van der Waals surface area contributed by atoms with Gasteiger partial charge in [0.05, 0.1) is 64.2 Å². The number of rotatable bonds is 32. The Bertz CT molecular complexity index is 6230. The van der Waals surface area contributed by atoms with Crippen LogP contribution >= 0.6 is 35.3 Å². The van der Waals surface area contributed by atoms with Gasteiger partial charge in [-0.2, -0.15) is 0 Å². The number of anilines is 3. The highest BCUT2D eigenvalue weighted by molar-refractivity contribution is 8.00. The fourth-order valence-corrected chi connectivity index (χ4v) is 15.9. The molecule has 14 aromatic rings. The molecule has 33 heteroatoms. The number of aromatic hydroxyl groups is 2. The number of aromatic amines is 1. The number of hydrogen-bond donors (Lipinski definition) is 6. The van der Waals surface area contributed by atoms with E-state index in [1.54, 1.807) is 95.8 Å². The van der Waals surface area contributed by atoms with Gasteiger partial charge in [-0.25, -0.2) is 14.3 Å². The second-order valence-electron chi connectivity index (χ2n) is 28.8. The molecule has 124 heavy (non-hydrogen) atoms. The third-order valence-corrected chi connectivity index (χ3v) is 22.8. The summed E-state index contributed by atoms with van der Waals surface area (Å²) in [5.74, 6) is -0.429. The molecule has 4 heterocycles. The molecule has 1 saturated carbocycles. The Morgan fingerprint density at radius 2 is 1.20 bits per heavy atom. The van der Waals surface area contributed by atoms with E-state index in [4.69, 9.17) is 23.4 Å². The van der Waals surface area contributed by atoms with Crippen molar-refractivity contribution in [1.82, 2.24) is 55.4 Å². The van der Waals surface area contributed by atoms with Crippen molar-refractivity contribution in [2.24, 2.45) is 0 Å². The molecule has 1 fully saturated rings. The molecular weight excluding hydrogens is 1640 g/mol. The van der Waals surface area contributed by atoms with Gasteiger partial charge in [0, 0.05) is 45.0 Å². The largest absolute Gasteiger partial charge is 0.506 e. The summed E-state index contributed by atoms with van der Waals surface area (Å²) in [5, 5.41) is 74.5. The first-order valence-corrected chi connectivity index (χ1v) is 43.2. The smallest absolute Gasteiger partial charge is 0.316 e. The highest BCUT2D eigenvalue weighted by Gasteiger charge is 2.31. The molecule has 1 unspecified atom stereocenters. The first-order chi connectivity index (χ1) is 60.3. The number of fused-ring (bicyclic) bond motifs is 3. The summed E-state index contributed by atoms with van der Waals surface area (Å²) in [7, 11) is 0. The molecule has 6 N–H and O–H groups in total. The first-order valence-electron chi connectivity index (χ1n) is 40.4. The molecule has 30 nitrogen and oxygen atoms in total. The molecule has 15 rings (SSSR count). The lowest BCUT2D eigenvalue weighted by Gasteiger charge is -2.24. The van der Waals surface area contributed by atoms with Crippen LogP contribution in [0.1, 0.15) is 152 Å². The van der Waals surface area contributed by atoms with Crippen molar-refractivity contribution < 1.29 is 62.5 Å². The van der Waals surface area contributed by atoms with Crippen LogP contribution < -0.4 is 31.0 Å². The fraction of sp³-hybridized carbons (Fsp3) is 0.253. The van der Waals surface area contributed by atoms with Crippen LogP contribution in [-0.4, -0.2) is 125 Å². The Morgan fingerprint density at radius 1 is 0.597 bits per heavy atom. The van der Waals surface area contributed by atoms with E-state index in [1.807, 2.05) is 119 Å². The van der Waals surface area contributed by atoms with Gasteiger partial charge in [0.2, 0.25) is 16.8 Å². The van der Waals surface area contributed by atoms with Gasteiger partial charge < -0.3 is 54.5 Å². The van der Waals surface area contributed by atoms with Crippen LogP contribution in [0.3, 0.4) is 0 Å². The van der Waals surface area contributed by atoms with Gasteiger partial charge in [0.25, 0.3) is 28.5 Å². The summed E-state index contributed by atoms with van der Waals surface area (Å²) < 4.78 is 31.5. The van der Waals surface area contributed by atoms with Crippen LogP contribution in [0.5, 0.6) is 34.5 Å². The maximum Gasteiger partial charge on any atom is 0.316 e. The van der Waals surface area contributed by atoms with Crippen LogP contribution in [0.4, 0.5) is 22.7 Å². The van der Waals surface area contributed by atoms with Gasteiger partial charge in [0.1, 0.15) is 39.6 Å². The summed E-state index contributed by atoms with van der Waals surface area (Å²) in [5.41, 5.74) is 5.02. The number of unbranched alkanes of at least 4 members (excludes halogenated alkanes) is 3. The van der Waals surface area contributed by atoms with E-state index in [0.29, 0.717) is 91.3 Å². The minimum Gasteiger partial charge on any atom is -0.506 e. The number of aromatic nitrogens is 11. The van der Waals surface area contributed by atoms with E-state index < -0.39 is 28.7 Å². The number of carbonyl (C=O) groups excluding carboxylic acids is 5. The van der Waals surface area contributed by atoms with Crippen molar-refractivity contribution in [2.45, 2.75) is 144 Å². The van der Waals surface area contributed by atoms with E-state index in [0.717, 1.165) is 101 Å². The number of thioether (sulfide) groups is 2. The fourth-order valence-electron chi connectivity index (χ4n) is 13.7. The van der Waals surface area contributed by atoms with Crippen LogP contribution in [0.15, 0.2) is 236 Å². The zero-order valence-electron chi connectivity index (χ0n) is 68.4. The molecule has 4 aromatic heterocycles. The average Bonchev–Trinajstić information content (AvgIpc) is 0.923. The van der Waals surface area contributed by atoms with Crippen LogP contribution in [0, 0.1) is 24.0 Å². The molecule has 0 bridgehead atoms. The van der Waals surface area contributed by atoms with Crippen LogP contribution in [0.25, 0.3) is 32.4 Å². The van der Waals surface area contributed by atoms with E-state index in [-0.39, 0.29) is 92.1 Å². The second-order valence-corrected chi connectivity index (χ2v) is 31.7. The SMILES string of the molecule is CCCCCCOC(=O)CSc1cn(C(C(=O)Nc2ccccc2Oc2ccccc2C2CCCCC2)c2nc3ccccc3c(=O)[nH]2)nn1.CCCOC(=O)CSc1nnc(Cc2ccc(Oc3cc(C(=O)Nc4ccccc4C)c(O)c4ccccc34)c([N+](=O)[O-])c2)o1.CCn1nnnc1Sc1cc(C(=O)Nc2ccccc2C)c(O)c2ccccc12. The molecule has 636 valence electrons. The molecule has 1 aliphatic rings. The molecule has 0 aliphatic heterocycles. The number of tetrazole rings is 1. The highest BCUT2D eigenvalue weighted by atomic mass is 32.2. The van der Waals surface area contributed by atoms with Crippen molar-refractivity contribution >= 4 is 120 Å². The van der Waals surface area contributed by atoms with Gasteiger partial charge in [-0.15, -0.1) is 20.4 Å². The number of amides is 3. The Labute approximate surface area is 724 Å². The number of nitrogens with one attached hydrogen (secondary N) is 4. The number of aryl methyl sites for hydroxylation is 3. The number of esters is 2. The number of nitro benzene ring substituents is 1. The summed E-state index contributed by atoms with van der Waals surface area (Å²) in [6, 6.07) is 57.4. The predicted octanol–water partition coefficient (Wildman–Crippen LogP) is 18.9. The molecule has 3 amide bonds. The van der Waals surface area contributed by atoms with E-state index >= 15 is 0 Å². The number of nitrogens with zero attached hydrogens (tertiary/aromatic N) is 11. The van der Waals surface area contributed by atoms with Crippen molar-refractivity contribution in [3.05, 3.63) is 272 Å². The zero-order valence-corrected chi connectivity index (χ0v) is 70.9. The zero-order chi connectivity index (χ0) is 87.0. The number of nitro groups is 1. The Hall–Kier alpha value is -13.8. The van der Waals surface area contributed by atoms with E-state index in [1.165, 1.54) is 53.9 Å². The van der Waals surface area contributed by atoms with Gasteiger partial charge in [-0.3, -0.25) is 38.9 Å². The van der Waals surface area contributed by atoms with Crippen LogP contribution in [-0.2, 0) is 36.8 Å². The summed E-state index contributed by atoms with van der Waals surface area (Å²) in [4.78, 5) is 97.4. The maximum atomic E-state index is 14.3. The third kappa shape index (κ3) is 22.5. The number of para-hydroxylation sites is 6. The van der Waals surface area contributed by atoms with E-state index in [9.17, 15) is 49.1 Å². The molecule has 0 saturated heterocycles. The lowest BCUT2D eigenvalue weighted by atomic mass is 9.84. The summed E-state index contributed by atoms with van der Waals surface area (Å²) in [6.45, 7) is 11.1. The standard InChI is InChI=1S/C38H42N6O5S.C32H28N4O8S.C21H19N5O2S/c1-2-3-4-14-23-48-34(45)25-50-33-24-44(43-42-33)35(36-39-29-19-10-8-18-28(29)37(46)41-36)38(47)40-30-20-11-13-22-32(30)49-31-21-12-9-17-27(31)26-15-6-5-7-16-26;1-3-14-42-29(37)18-45-32-35-34-28(44-32)16-20-12-13-26(25(15-20)36(40)41)43-27-17-23(30(38)22-10-6-5-9-21(22)27)31(39)33-24-11-7-4-8-19(24)2;1-3-26-21(23-24-25-26)29-18-12-16(19(27)15-10-6-5-9-14(15)18)20(28)22-17-11-7-4-8-13(17)2/h8-13,17-22,24,26,35H,2-7,14-16,23,25H2,1H3,(H,40,47)(H,39,41,46);4-13,15,17,38H,3,14,16,18H2,1-2H3,(H,33,39);4-12,27H,3H2,1-2H3,(H,22,28). The Kier molecular flexibility index (Phi) is 30.3. The average molecular weight is 1730 g/mol. The van der Waals surface area contributed by atoms with Crippen molar-refractivity contribution in [3.63, 3.8) is 0 Å². The minimum absolute atomic E-state index is 0.0142. The normalized spacial score (nSPS) is 12.1. The highest BCUT2D eigenvalue weighted by Crippen LogP contribution is 2.45. The lowest BCUT2D eigenvalue weighted by Crippen LogP contribution is -2.31. The number of hydrogen-bond acceptors (Lipinski definition) is 26. The molecule has 10 aromatic carbocycles. The van der Waals surface area contributed by atoms with Crippen molar-refractivity contribution in [1.29, 1.82) is 0 Å². The number of ether oxygens (including phenoxy) is 4. The summed E-state index contributed by atoms with van der Waals surface area (Å²) >= 11 is 3.55. The number of phenols is 2. The molecule has 0 radical (unpaired) electrons. The topological polar surface area (TPSA) is 401 Å². The van der Waals surface area contributed by atoms with Gasteiger partial charge >= 0.3 is 17.6 Å². The number of H-pyrrole nitrogens is 1. The quantitative estimate of drug-likeness (QED) is 0.00749. The van der Waals surface area contributed by atoms with E-state index in [2.05, 4.69) is 74.9 Å². The van der Waals surface area contributed by atoms with Crippen molar-refractivity contribution in [3.8, 4) is 34.5 Å². The van der Waals surface area contributed by atoms with Gasteiger partial charge in [-0.05, 0) is 163 Å². The molecule has 1 aliphatic carbocycles. The molecule has 0 spiro atoms. The summed E-state index contributed by atoms with van der Waals surface area (Å²) in [6.07, 6.45) is 12.3. The molecular formula is C91H89N15O15S3. The number of benzene rings is 10. The monoisotopic (exact) mass is 1730 g/mol. The predicted molar refractivity (Wildman–Crippen MR) is 473 cm³/mol. The second kappa shape index (κ2) is 42.6. The first kappa shape index (κ1) is 88.0.